The van der Waals surface area contributed by atoms with Crippen molar-refractivity contribution in [1.29, 1.82) is 0 Å². The van der Waals surface area contributed by atoms with Gasteiger partial charge in [-0.3, -0.25) is 9.78 Å². The molecule has 6 heteroatoms. The summed E-state index contributed by atoms with van der Waals surface area (Å²) in [5.41, 5.74) is 3.54. The van der Waals surface area contributed by atoms with Crippen LogP contribution in [0.15, 0.2) is 77.6 Å². The lowest BCUT2D eigenvalue weighted by Gasteiger charge is -2.31. The van der Waals surface area contributed by atoms with E-state index < -0.39 is 0 Å². The number of hydrogen-bond donors (Lipinski definition) is 0. The average Bonchev–Trinajstić information content (AvgIpc) is 3.34. The molecule has 4 aromatic rings. The van der Waals surface area contributed by atoms with Crippen molar-refractivity contribution in [3.63, 3.8) is 0 Å². The molecule has 0 saturated carbocycles. The van der Waals surface area contributed by atoms with Crippen molar-refractivity contribution in [2.45, 2.75) is 18.9 Å². The van der Waals surface area contributed by atoms with Gasteiger partial charge < -0.3 is 14.2 Å². The quantitative estimate of drug-likeness (QED) is 0.503. The van der Waals surface area contributed by atoms with Gasteiger partial charge in [-0.2, -0.15) is 0 Å². The highest BCUT2D eigenvalue weighted by molar-refractivity contribution is 5.92. The number of nitrogens with zero attached hydrogens (tertiary/aromatic N) is 3. The van der Waals surface area contributed by atoms with Gasteiger partial charge in [0.15, 0.2) is 5.69 Å². The SMILES string of the molecule is O=C(c1ccon1)N1CCC(Oc2ccc(-c3cnc4ccccc4c3)cc2)CC1. The number of hydrogen-bond acceptors (Lipinski definition) is 5. The van der Waals surface area contributed by atoms with E-state index in [-0.39, 0.29) is 12.0 Å². The topological polar surface area (TPSA) is 68.5 Å². The molecular formula is C24H21N3O3. The molecule has 1 aliphatic heterocycles. The lowest BCUT2D eigenvalue weighted by Crippen LogP contribution is -2.41. The molecule has 3 heterocycles. The molecule has 2 aromatic carbocycles. The van der Waals surface area contributed by atoms with Crippen molar-refractivity contribution < 1.29 is 14.1 Å². The first-order chi connectivity index (χ1) is 14.8. The van der Waals surface area contributed by atoms with Gasteiger partial charge in [0.2, 0.25) is 0 Å². The summed E-state index contributed by atoms with van der Waals surface area (Å²) in [7, 11) is 0. The third-order valence-electron chi connectivity index (χ3n) is 5.47. The van der Waals surface area contributed by atoms with Gasteiger partial charge in [-0.25, -0.2) is 0 Å². The predicted molar refractivity (Wildman–Crippen MR) is 113 cm³/mol. The summed E-state index contributed by atoms with van der Waals surface area (Å²) in [6.45, 7) is 1.30. The fourth-order valence-electron chi connectivity index (χ4n) is 3.81. The molecule has 30 heavy (non-hydrogen) atoms. The number of carbonyl (C=O) groups is 1. The summed E-state index contributed by atoms with van der Waals surface area (Å²) >= 11 is 0. The van der Waals surface area contributed by atoms with Crippen LogP contribution in [0.4, 0.5) is 0 Å². The number of fused-ring (bicyclic) bond motifs is 1. The molecule has 1 aliphatic rings. The van der Waals surface area contributed by atoms with E-state index in [1.165, 1.54) is 6.26 Å². The molecule has 2 aromatic heterocycles. The van der Waals surface area contributed by atoms with Gasteiger partial charge >= 0.3 is 0 Å². The van der Waals surface area contributed by atoms with Crippen molar-refractivity contribution >= 4 is 16.8 Å². The zero-order valence-electron chi connectivity index (χ0n) is 16.4. The number of aromatic nitrogens is 2. The Morgan fingerprint density at radius 3 is 2.57 bits per heavy atom. The minimum absolute atomic E-state index is 0.0875. The van der Waals surface area contributed by atoms with Gasteiger partial charge in [-0.1, -0.05) is 35.5 Å². The van der Waals surface area contributed by atoms with Gasteiger partial charge in [0.25, 0.3) is 5.91 Å². The lowest BCUT2D eigenvalue weighted by atomic mass is 10.0. The number of para-hydroxylation sites is 1. The predicted octanol–water partition coefficient (Wildman–Crippen LogP) is 4.57. The van der Waals surface area contributed by atoms with Gasteiger partial charge in [-0.15, -0.1) is 0 Å². The van der Waals surface area contributed by atoms with Gasteiger partial charge in [0.1, 0.15) is 18.1 Å². The Labute approximate surface area is 174 Å². The highest BCUT2D eigenvalue weighted by atomic mass is 16.5. The second-order valence-corrected chi connectivity index (χ2v) is 7.44. The molecule has 6 nitrogen and oxygen atoms in total. The zero-order valence-corrected chi connectivity index (χ0v) is 16.4. The Bertz CT molecular complexity index is 1150. The lowest BCUT2D eigenvalue weighted by molar-refractivity contribution is 0.0586. The smallest absolute Gasteiger partial charge is 0.276 e. The minimum Gasteiger partial charge on any atom is -0.490 e. The third kappa shape index (κ3) is 3.76. The maximum Gasteiger partial charge on any atom is 0.276 e. The van der Waals surface area contributed by atoms with E-state index >= 15 is 0 Å². The Morgan fingerprint density at radius 2 is 1.80 bits per heavy atom. The Hall–Kier alpha value is -3.67. The monoisotopic (exact) mass is 399 g/mol. The molecule has 150 valence electrons. The van der Waals surface area contributed by atoms with E-state index in [1.54, 1.807) is 11.0 Å². The Kier molecular flexibility index (Phi) is 4.89. The van der Waals surface area contributed by atoms with Crippen LogP contribution in [0, 0.1) is 0 Å². The van der Waals surface area contributed by atoms with Crippen LogP contribution in [0.3, 0.4) is 0 Å². The molecule has 0 radical (unpaired) electrons. The highest BCUT2D eigenvalue weighted by Crippen LogP contribution is 2.26. The summed E-state index contributed by atoms with van der Waals surface area (Å²) in [5.74, 6) is 0.754. The highest BCUT2D eigenvalue weighted by Gasteiger charge is 2.26. The van der Waals surface area contributed by atoms with Crippen molar-refractivity contribution in [1.82, 2.24) is 15.0 Å². The summed E-state index contributed by atoms with van der Waals surface area (Å²) < 4.78 is 10.9. The first kappa shape index (κ1) is 18.4. The first-order valence-electron chi connectivity index (χ1n) is 10.1. The van der Waals surface area contributed by atoms with Crippen LogP contribution in [0.25, 0.3) is 22.0 Å². The number of amides is 1. The normalized spacial score (nSPS) is 14.7. The van der Waals surface area contributed by atoms with E-state index in [0.29, 0.717) is 18.8 Å². The Morgan fingerprint density at radius 1 is 1.00 bits per heavy atom. The van der Waals surface area contributed by atoms with E-state index in [1.807, 2.05) is 36.5 Å². The molecule has 0 bridgehead atoms. The molecule has 1 amide bonds. The van der Waals surface area contributed by atoms with Crippen molar-refractivity contribution in [2.24, 2.45) is 0 Å². The molecule has 5 rings (SSSR count). The Balaban J connectivity index is 1.21. The summed E-state index contributed by atoms with van der Waals surface area (Å²) in [5, 5.41) is 4.85. The molecule has 0 atom stereocenters. The molecule has 0 unspecified atom stereocenters. The van der Waals surface area contributed by atoms with Crippen molar-refractivity contribution in [3.05, 3.63) is 78.8 Å². The number of piperidine rings is 1. The summed E-state index contributed by atoms with van der Waals surface area (Å²) in [6.07, 6.45) is 5.00. The molecule has 1 fully saturated rings. The van der Waals surface area contributed by atoms with Gasteiger partial charge in [-0.05, 0) is 29.8 Å². The van der Waals surface area contributed by atoms with Crippen molar-refractivity contribution in [2.75, 3.05) is 13.1 Å². The largest absolute Gasteiger partial charge is 0.490 e. The molecular weight excluding hydrogens is 378 g/mol. The van der Waals surface area contributed by atoms with E-state index in [4.69, 9.17) is 9.26 Å². The molecule has 0 spiro atoms. The van der Waals surface area contributed by atoms with Crippen molar-refractivity contribution in [3.8, 4) is 16.9 Å². The number of likely N-dealkylation sites (tertiary alicyclic amines) is 1. The number of rotatable bonds is 4. The molecule has 1 saturated heterocycles. The second-order valence-electron chi connectivity index (χ2n) is 7.44. The maximum absolute atomic E-state index is 12.3. The standard InChI is InChI=1S/C24H21N3O3/c28-24(23-11-14-29-26-23)27-12-9-21(10-13-27)30-20-7-5-17(6-8-20)19-15-18-3-1-2-4-22(18)25-16-19/h1-8,11,14-16,21H,9-10,12-13H2. The number of ether oxygens (including phenoxy) is 1. The van der Waals surface area contributed by atoms with Crippen LogP contribution >= 0.6 is 0 Å². The number of carbonyl (C=O) groups excluding carboxylic acids is 1. The molecule has 0 N–H and O–H groups in total. The fourth-order valence-corrected chi connectivity index (χ4v) is 3.81. The van der Waals surface area contributed by atoms with E-state index in [2.05, 4.69) is 34.4 Å². The number of benzene rings is 2. The van der Waals surface area contributed by atoms with Gasteiger partial charge in [0.05, 0.1) is 5.52 Å². The van der Waals surface area contributed by atoms with Crippen LogP contribution in [-0.2, 0) is 0 Å². The van der Waals surface area contributed by atoms with Gasteiger partial charge in [0, 0.05) is 49.1 Å². The number of pyridine rings is 1. The summed E-state index contributed by atoms with van der Waals surface area (Å²) in [4.78, 5) is 18.7. The second kappa shape index (κ2) is 7.99. The third-order valence-corrected chi connectivity index (χ3v) is 5.47. The van der Waals surface area contributed by atoms with E-state index in [9.17, 15) is 4.79 Å². The van der Waals surface area contributed by atoms with Crippen LogP contribution < -0.4 is 4.74 Å². The fraction of sp³-hybridized carbons (Fsp3) is 0.208. The van der Waals surface area contributed by atoms with Crippen LogP contribution in [0.5, 0.6) is 5.75 Å². The zero-order chi connectivity index (χ0) is 20.3. The average molecular weight is 399 g/mol. The maximum atomic E-state index is 12.3. The van der Waals surface area contributed by atoms with Crippen LogP contribution in [0.1, 0.15) is 23.3 Å². The summed E-state index contributed by atoms with van der Waals surface area (Å²) in [6, 6.07) is 20.0. The minimum atomic E-state index is -0.0875. The van der Waals surface area contributed by atoms with Crippen LogP contribution in [0.2, 0.25) is 0 Å². The first-order valence-corrected chi connectivity index (χ1v) is 10.1. The van der Waals surface area contributed by atoms with Crippen LogP contribution in [-0.4, -0.2) is 40.1 Å². The van der Waals surface area contributed by atoms with E-state index in [0.717, 1.165) is 40.6 Å². The molecule has 0 aliphatic carbocycles.